The molecular weight excluding hydrogens is 244 g/mol. The van der Waals surface area contributed by atoms with Crippen LogP contribution in [0.1, 0.15) is 22.8 Å². The summed E-state index contributed by atoms with van der Waals surface area (Å²) in [5, 5.41) is 3.24. The molecule has 3 nitrogen and oxygen atoms in total. The number of nitrogens with two attached hydrogens (primary N) is 1. The van der Waals surface area contributed by atoms with Crippen molar-refractivity contribution in [3.8, 4) is 10.4 Å². The fourth-order valence-electron chi connectivity index (χ4n) is 2.02. The lowest BCUT2D eigenvalue weighted by Gasteiger charge is -2.04. The molecule has 0 fully saturated rings. The third-order valence-corrected chi connectivity index (χ3v) is 3.99. The van der Waals surface area contributed by atoms with Crippen LogP contribution < -0.4 is 11.1 Å². The number of nitrogens with one attached hydrogen (secondary N) is 1. The monoisotopic (exact) mass is 260 g/mol. The molecule has 0 aliphatic rings. The largest absolute Gasteiger partial charge is 0.390 e. The number of carbonyl (C=O) groups is 1. The van der Waals surface area contributed by atoms with Crippen molar-refractivity contribution in [2.75, 3.05) is 12.8 Å². The van der Waals surface area contributed by atoms with Crippen molar-refractivity contribution >= 4 is 22.2 Å². The summed E-state index contributed by atoms with van der Waals surface area (Å²) in [5.74, 6) is -0.109. The molecule has 94 valence electrons. The van der Waals surface area contributed by atoms with Gasteiger partial charge < -0.3 is 11.1 Å². The third-order valence-electron chi connectivity index (χ3n) is 2.88. The van der Waals surface area contributed by atoms with E-state index < -0.39 is 0 Å². The van der Waals surface area contributed by atoms with E-state index in [-0.39, 0.29) is 5.91 Å². The van der Waals surface area contributed by atoms with Gasteiger partial charge in [0, 0.05) is 11.9 Å². The molecule has 18 heavy (non-hydrogen) atoms. The van der Waals surface area contributed by atoms with Crippen molar-refractivity contribution in [1.82, 2.24) is 5.32 Å². The first kappa shape index (κ1) is 12.6. The number of anilines is 1. The van der Waals surface area contributed by atoms with Gasteiger partial charge in [-0.3, -0.25) is 4.79 Å². The van der Waals surface area contributed by atoms with Gasteiger partial charge >= 0.3 is 0 Å². The van der Waals surface area contributed by atoms with Crippen molar-refractivity contribution < 1.29 is 4.79 Å². The van der Waals surface area contributed by atoms with Crippen LogP contribution in [-0.2, 0) is 6.42 Å². The number of hydrogen-bond acceptors (Lipinski definition) is 3. The fourth-order valence-corrected chi connectivity index (χ4v) is 3.18. The number of hydrogen-bond donors (Lipinski definition) is 2. The number of benzene rings is 1. The summed E-state index contributed by atoms with van der Waals surface area (Å²) in [5.41, 5.74) is 8.76. The fraction of sp³-hybridized carbons (Fsp3) is 0.214. The van der Waals surface area contributed by atoms with E-state index in [1.807, 2.05) is 37.3 Å². The number of carbonyl (C=O) groups excluding carboxylic acids is 1. The minimum atomic E-state index is -0.109. The minimum absolute atomic E-state index is 0.109. The Labute approximate surface area is 111 Å². The van der Waals surface area contributed by atoms with Gasteiger partial charge in [-0.2, -0.15) is 0 Å². The molecule has 1 amide bonds. The maximum absolute atomic E-state index is 11.9. The number of amides is 1. The first-order valence-electron chi connectivity index (χ1n) is 5.87. The van der Waals surface area contributed by atoms with E-state index in [2.05, 4.69) is 5.32 Å². The Morgan fingerprint density at radius 2 is 2.00 bits per heavy atom. The molecule has 0 aliphatic carbocycles. The second kappa shape index (κ2) is 5.23. The van der Waals surface area contributed by atoms with Gasteiger partial charge in [0.1, 0.15) is 0 Å². The lowest BCUT2D eigenvalue weighted by Crippen LogP contribution is -2.19. The summed E-state index contributed by atoms with van der Waals surface area (Å²) >= 11 is 1.48. The average molecular weight is 260 g/mol. The second-order valence-electron chi connectivity index (χ2n) is 3.95. The Hall–Kier alpha value is -1.81. The normalized spacial score (nSPS) is 10.3. The molecule has 0 bridgehead atoms. The van der Waals surface area contributed by atoms with E-state index in [1.165, 1.54) is 11.3 Å². The molecule has 2 rings (SSSR count). The van der Waals surface area contributed by atoms with Gasteiger partial charge in [-0.05, 0) is 17.5 Å². The van der Waals surface area contributed by atoms with Crippen LogP contribution >= 0.6 is 11.3 Å². The SMILES string of the molecule is CCc1c(-c2ccccc2)sc(N)c1C(=O)NC. The molecule has 1 heterocycles. The molecule has 3 N–H and O–H groups in total. The third kappa shape index (κ3) is 2.11. The number of nitrogen functional groups attached to an aromatic ring is 1. The minimum Gasteiger partial charge on any atom is -0.390 e. The van der Waals surface area contributed by atoms with Crippen LogP contribution in [0.3, 0.4) is 0 Å². The summed E-state index contributed by atoms with van der Waals surface area (Å²) in [6.07, 6.45) is 0.792. The smallest absolute Gasteiger partial charge is 0.254 e. The summed E-state index contributed by atoms with van der Waals surface area (Å²) < 4.78 is 0. The van der Waals surface area contributed by atoms with Crippen LogP contribution in [0.5, 0.6) is 0 Å². The molecule has 0 spiro atoms. The topological polar surface area (TPSA) is 55.1 Å². The molecule has 0 aliphatic heterocycles. The van der Waals surface area contributed by atoms with Crippen LogP contribution in [0, 0.1) is 0 Å². The molecule has 0 saturated heterocycles. The van der Waals surface area contributed by atoms with Crippen LogP contribution in [0.25, 0.3) is 10.4 Å². The standard InChI is InChI=1S/C14H16N2OS/c1-3-10-11(14(17)16-2)13(15)18-12(10)9-7-5-4-6-8-9/h4-8H,3,15H2,1-2H3,(H,16,17). The van der Waals surface area contributed by atoms with Crippen molar-refractivity contribution in [2.45, 2.75) is 13.3 Å². The Kier molecular flexibility index (Phi) is 3.67. The highest BCUT2D eigenvalue weighted by atomic mass is 32.1. The van der Waals surface area contributed by atoms with E-state index in [1.54, 1.807) is 7.05 Å². The van der Waals surface area contributed by atoms with E-state index in [0.29, 0.717) is 10.6 Å². The van der Waals surface area contributed by atoms with E-state index in [4.69, 9.17) is 5.73 Å². The molecular formula is C14H16N2OS. The van der Waals surface area contributed by atoms with Gasteiger partial charge in [-0.25, -0.2) is 0 Å². The zero-order chi connectivity index (χ0) is 13.1. The Morgan fingerprint density at radius 1 is 1.33 bits per heavy atom. The van der Waals surface area contributed by atoms with E-state index in [0.717, 1.165) is 22.4 Å². The van der Waals surface area contributed by atoms with Gasteiger partial charge in [0.15, 0.2) is 0 Å². The van der Waals surface area contributed by atoms with E-state index >= 15 is 0 Å². The molecule has 1 aromatic heterocycles. The highest BCUT2D eigenvalue weighted by molar-refractivity contribution is 7.19. The van der Waals surface area contributed by atoms with Crippen LogP contribution in [0.4, 0.5) is 5.00 Å². The number of rotatable bonds is 3. The van der Waals surface area contributed by atoms with Crippen molar-refractivity contribution in [3.05, 3.63) is 41.5 Å². The summed E-state index contributed by atoms with van der Waals surface area (Å²) in [6.45, 7) is 2.04. The first-order valence-corrected chi connectivity index (χ1v) is 6.69. The zero-order valence-corrected chi connectivity index (χ0v) is 11.3. The highest BCUT2D eigenvalue weighted by Gasteiger charge is 2.20. The molecule has 0 radical (unpaired) electrons. The molecule has 0 saturated carbocycles. The molecule has 1 aromatic carbocycles. The highest BCUT2D eigenvalue weighted by Crippen LogP contribution is 2.38. The first-order chi connectivity index (χ1) is 8.69. The van der Waals surface area contributed by atoms with Gasteiger partial charge in [-0.15, -0.1) is 11.3 Å². The average Bonchev–Trinajstić information content (AvgIpc) is 2.75. The predicted molar refractivity (Wildman–Crippen MR) is 76.9 cm³/mol. The van der Waals surface area contributed by atoms with Crippen LogP contribution in [-0.4, -0.2) is 13.0 Å². The van der Waals surface area contributed by atoms with E-state index in [9.17, 15) is 4.79 Å². The van der Waals surface area contributed by atoms with Gasteiger partial charge in [0.25, 0.3) is 5.91 Å². The summed E-state index contributed by atoms with van der Waals surface area (Å²) in [6, 6.07) is 10.0. The maximum Gasteiger partial charge on any atom is 0.254 e. The van der Waals surface area contributed by atoms with Crippen molar-refractivity contribution in [1.29, 1.82) is 0 Å². The number of thiophene rings is 1. The molecule has 0 unspecified atom stereocenters. The van der Waals surface area contributed by atoms with Gasteiger partial charge in [0.2, 0.25) is 0 Å². The Balaban J connectivity index is 2.60. The molecule has 0 atom stereocenters. The van der Waals surface area contributed by atoms with Crippen LogP contribution in [0.2, 0.25) is 0 Å². The van der Waals surface area contributed by atoms with Crippen molar-refractivity contribution in [3.63, 3.8) is 0 Å². The molecule has 2 aromatic rings. The Morgan fingerprint density at radius 3 is 2.56 bits per heavy atom. The van der Waals surface area contributed by atoms with Gasteiger partial charge in [0.05, 0.1) is 10.6 Å². The van der Waals surface area contributed by atoms with Gasteiger partial charge in [-0.1, -0.05) is 37.3 Å². The lowest BCUT2D eigenvalue weighted by molar-refractivity contribution is 0.0963. The maximum atomic E-state index is 11.9. The summed E-state index contributed by atoms with van der Waals surface area (Å²) in [7, 11) is 1.63. The zero-order valence-electron chi connectivity index (χ0n) is 10.5. The Bertz CT molecular complexity index is 561. The second-order valence-corrected chi connectivity index (χ2v) is 5.00. The summed E-state index contributed by atoms with van der Waals surface area (Å²) in [4.78, 5) is 13.0. The predicted octanol–water partition coefficient (Wildman–Crippen LogP) is 2.92. The van der Waals surface area contributed by atoms with Crippen LogP contribution in [0.15, 0.2) is 30.3 Å². The lowest BCUT2D eigenvalue weighted by atomic mass is 10.0. The molecule has 4 heteroatoms. The van der Waals surface area contributed by atoms with Crippen molar-refractivity contribution in [2.24, 2.45) is 0 Å². The quantitative estimate of drug-likeness (QED) is 0.891.